The molecule has 1 aromatic heterocycles. The van der Waals surface area contributed by atoms with E-state index in [4.69, 9.17) is 5.11 Å². The number of fused-ring (bicyclic) bond motifs is 1. The normalized spacial score (nSPS) is 10.9. The fourth-order valence-electron chi connectivity index (χ4n) is 2.61. The standard InChI is InChI=1S/C18H20N2O/c21-11-3-5-14-4-1-8-17(12-14)20-13-16-7-2-6-15-9-10-19-18(15)16/h1-2,4,6-10,12,19-21H,3,5,11,13H2. The molecule has 108 valence electrons. The van der Waals surface area contributed by atoms with Crippen LogP contribution in [0, 0.1) is 0 Å². The number of aliphatic hydroxyl groups excluding tert-OH is 1. The lowest BCUT2D eigenvalue weighted by atomic mass is 10.1. The second kappa shape index (κ2) is 6.46. The van der Waals surface area contributed by atoms with Crippen LogP contribution in [0.25, 0.3) is 10.9 Å². The molecule has 3 aromatic rings. The molecule has 21 heavy (non-hydrogen) atoms. The number of aliphatic hydroxyl groups is 1. The van der Waals surface area contributed by atoms with Crippen LogP contribution >= 0.6 is 0 Å². The van der Waals surface area contributed by atoms with Gasteiger partial charge in [-0.25, -0.2) is 0 Å². The van der Waals surface area contributed by atoms with Gasteiger partial charge in [0.15, 0.2) is 0 Å². The molecular weight excluding hydrogens is 260 g/mol. The van der Waals surface area contributed by atoms with E-state index in [1.54, 1.807) is 0 Å². The number of H-pyrrole nitrogens is 1. The van der Waals surface area contributed by atoms with Gasteiger partial charge in [-0.3, -0.25) is 0 Å². The number of rotatable bonds is 6. The number of nitrogens with one attached hydrogen (secondary N) is 2. The summed E-state index contributed by atoms with van der Waals surface area (Å²) >= 11 is 0. The Labute approximate surface area is 124 Å². The smallest absolute Gasteiger partial charge is 0.0504 e. The maximum Gasteiger partial charge on any atom is 0.0504 e. The topological polar surface area (TPSA) is 48.0 Å². The molecule has 0 saturated heterocycles. The van der Waals surface area contributed by atoms with E-state index in [-0.39, 0.29) is 6.61 Å². The first-order valence-electron chi connectivity index (χ1n) is 7.35. The summed E-state index contributed by atoms with van der Waals surface area (Å²) in [7, 11) is 0. The Hall–Kier alpha value is -2.26. The van der Waals surface area contributed by atoms with Crippen LogP contribution < -0.4 is 5.32 Å². The summed E-state index contributed by atoms with van der Waals surface area (Å²) in [6, 6.07) is 16.8. The first-order chi connectivity index (χ1) is 10.4. The average Bonchev–Trinajstić information content (AvgIpc) is 3.00. The van der Waals surface area contributed by atoms with Gasteiger partial charge in [0, 0.05) is 25.0 Å². The van der Waals surface area contributed by atoms with Crippen LogP contribution in [0.2, 0.25) is 0 Å². The van der Waals surface area contributed by atoms with Crippen LogP contribution in [0.3, 0.4) is 0 Å². The molecule has 0 aliphatic heterocycles. The molecule has 0 spiro atoms. The Kier molecular flexibility index (Phi) is 4.22. The Morgan fingerprint density at radius 3 is 2.86 bits per heavy atom. The highest BCUT2D eigenvalue weighted by Gasteiger charge is 2.02. The molecule has 3 rings (SSSR count). The molecule has 0 aliphatic rings. The number of aromatic nitrogens is 1. The molecule has 0 unspecified atom stereocenters. The molecule has 0 amide bonds. The Morgan fingerprint density at radius 2 is 1.95 bits per heavy atom. The maximum atomic E-state index is 8.91. The minimum atomic E-state index is 0.243. The SMILES string of the molecule is OCCCc1cccc(NCc2cccc3cc[nH]c23)c1. The van der Waals surface area contributed by atoms with Gasteiger partial charge in [0.05, 0.1) is 5.52 Å². The lowest BCUT2D eigenvalue weighted by Gasteiger charge is -2.09. The molecular formula is C18H20N2O. The molecule has 0 radical (unpaired) electrons. The van der Waals surface area contributed by atoms with E-state index >= 15 is 0 Å². The van der Waals surface area contributed by atoms with Gasteiger partial charge in [-0.15, -0.1) is 0 Å². The number of hydrogen-bond donors (Lipinski definition) is 3. The molecule has 0 atom stereocenters. The number of hydrogen-bond acceptors (Lipinski definition) is 2. The second-order valence-electron chi connectivity index (χ2n) is 5.24. The van der Waals surface area contributed by atoms with Crippen molar-refractivity contribution in [1.29, 1.82) is 0 Å². The predicted octanol–water partition coefficient (Wildman–Crippen LogP) is 3.70. The third kappa shape index (κ3) is 3.26. The van der Waals surface area contributed by atoms with Crippen LogP contribution in [0.5, 0.6) is 0 Å². The van der Waals surface area contributed by atoms with Gasteiger partial charge in [0.25, 0.3) is 0 Å². The van der Waals surface area contributed by atoms with Crippen molar-refractivity contribution >= 4 is 16.6 Å². The van der Waals surface area contributed by atoms with Crippen molar-refractivity contribution in [3.05, 3.63) is 65.9 Å². The fraction of sp³-hybridized carbons (Fsp3) is 0.222. The summed E-state index contributed by atoms with van der Waals surface area (Å²) in [6.07, 6.45) is 3.70. The first kappa shape index (κ1) is 13.7. The molecule has 2 aromatic carbocycles. The summed E-state index contributed by atoms with van der Waals surface area (Å²) in [4.78, 5) is 3.30. The van der Waals surface area contributed by atoms with Crippen molar-refractivity contribution in [2.75, 3.05) is 11.9 Å². The van der Waals surface area contributed by atoms with Crippen molar-refractivity contribution in [3.63, 3.8) is 0 Å². The van der Waals surface area contributed by atoms with Crippen LogP contribution in [0.4, 0.5) is 5.69 Å². The van der Waals surface area contributed by atoms with Gasteiger partial charge in [0.2, 0.25) is 0 Å². The monoisotopic (exact) mass is 280 g/mol. The molecule has 0 aliphatic carbocycles. The van der Waals surface area contributed by atoms with Gasteiger partial charge in [-0.2, -0.15) is 0 Å². The van der Waals surface area contributed by atoms with E-state index in [0.717, 1.165) is 25.1 Å². The maximum absolute atomic E-state index is 8.91. The zero-order valence-corrected chi connectivity index (χ0v) is 12.0. The molecule has 0 fully saturated rings. The quantitative estimate of drug-likeness (QED) is 0.644. The van der Waals surface area contributed by atoms with Gasteiger partial charge in [0.1, 0.15) is 0 Å². The third-order valence-corrected chi connectivity index (χ3v) is 3.71. The molecule has 3 nitrogen and oxygen atoms in total. The van der Waals surface area contributed by atoms with E-state index in [1.165, 1.54) is 22.0 Å². The minimum absolute atomic E-state index is 0.243. The number of anilines is 1. The van der Waals surface area contributed by atoms with Crippen molar-refractivity contribution < 1.29 is 5.11 Å². The van der Waals surface area contributed by atoms with Crippen LogP contribution in [0.15, 0.2) is 54.7 Å². The number of aromatic amines is 1. The van der Waals surface area contributed by atoms with E-state index < -0.39 is 0 Å². The van der Waals surface area contributed by atoms with Gasteiger partial charge >= 0.3 is 0 Å². The van der Waals surface area contributed by atoms with Crippen molar-refractivity contribution in [2.24, 2.45) is 0 Å². The van der Waals surface area contributed by atoms with Gasteiger partial charge in [-0.05, 0) is 47.6 Å². The number of para-hydroxylation sites is 1. The van der Waals surface area contributed by atoms with E-state index in [2.05, 4.69) is 58.8 Å². The zero-order valence-electron chi connectivity index (χ0n) is 12.0. The third-order valence-electron chi connectivity index (χ3n) is 3.71. The molecule has 1 heterocycles. The summed E-state index contributed by atoms with van der Waals surface area (Å²) in [5.41, 5.74) is 4.83. The molecule has 0 saturated carbocycles. The fourth-order valence-corrected chi connectivity index (χ4v) is 2.61. The van der Waals surface area contributed by atoms with Crippen LogP contribution in [0.1, 0.15) is 17.5 Å². The van der Waals surface area contributed by atoms with Gasteiger partial charge < -0.3 is 15.4 Å². The van der Waals surface area contributed by atoms with E-state index in [1.807, 2.05) is 6.20 Å². The molecule has 3 N–H and O–H groups in total. The summed E-state index contributed by atoms with van der Waals surface area (Å²) < 4.78 is 0. The lowest BCUT2D eigenvalue weighted by Crippen LogP contribution is -2.01. The van der Waals surface area contributed by atoms with Crippen LogP contribution in [-0.2, 0) is 13.0 Å². The largest absolute Gasteiger partial charge is 0.396 e. The van der Waals surface area contributed by atoms with Crippen molar-refractivity contribution in [3.8, 4) is 0 Å². The highest BCUT2D eigenvalue weighted by Crippen LogP contribution is 2.19. The summed E-state index contributed by atoms with van der Waals surface area (Å²) in [6.45, 7) is 1.04. The first-order valence-corrected chi connectivity index (χ1v) is 7.35. The lowest BCUT2D eigenvalue weighted by molar-refractivity contribution is 0.288. The second-order valence-corrected chi connectivity index (χ2v) is 5.24. The van der Waals surface area contributed by atoms with Crippen molar-refractivity contribution in [2.45, 2.75) is 19.4 Å². The number of aryl methyl sites for hydroxylation is 1. The zero-order chi connectivity index (χ0) is 14.5. The van der Waals surface area contributed by atoms with Crippen molar-refractivity contribution in [1.82, 2.24) is 4.98 Å². The van der Waals surface area contributed by atoms with Gasteiger partial charge in [-0.1, -0.05) is 30.3 Å². The van der Waals surface area contributed by atoms with Crippen LogP contribution in [-0.4, -0.2) is 16.7 Å². The Balaban J connectivity index is 1.71. The summed E-state index contributed by atoms with van der Waals surface area (Å²) in [5, 5.41) is 13.6. The van der Waals surface area contributed by atoms with E-state index in [9.17, 15) is 0 Å². The van der Waals surface area contributed by atoms with E-state index in [0.29, 0.717) is 0 Å². The predicted molar refractivity (Wildman–Crippen MR) is 87.5 cm³/mol. The Bertz CT molecular complexity index is 718. The number of benzene rings is 2. The highest BCUT2D eigenvalue weighted by molar-refractivity contribution is 5.82. The average molecular weight is 280 g/mol. The highest BCUT2D eigenvalue weighted by atomic mass is 16.2. The summed E-state index contributed by atoms with van der Waals surface area (Å²) in [5.74, 6) is 0. The molecule has 0 bridgehead atoms. The molecule has 3 heteroatoms. The minimum Gasteiger partial charge on any atom is -0.396 e. The Morgan fingerprint density at radius 1 is 1.05 bits per heavy atom.